The standard InChI is InChI=1S/C20H36N6O.HI/c1-16(2)12-24-9-10-27-18(13-24)11-23-20(21-4)25-7-5-17(3)19(14-25)26-8-6-22-15-26;/h6,8,15-19H,5,7,9-14H2,1-4H3,(H,21,23);1H. The van der Waals surface area contributed by atoms with Crippen molar-refractivity contribution in [3.63, 3.8) is 0 Å². The zero-order valence-electron chi connectivity index (χ0n) is 17.8. The van der Waals surface area contributed by atoms with Crippen LogP contribution in [0.25, 0.3) is 0 Å². The number of morpholine rings is 1. The molecule has 0 bridgehead atoms. The molecule has 0 aromatic carbocycles. The van der Waals surface area contributed by atoms with Crippen molar-refractivity contribution < 1.29 is 4.74 Å². The van der Waals surface area contributed by atoms with Gasteiger partial charge in [0.15, 0.2) is 5.96 Å². The molecule has 8 heteroatoms. The van der Waals surface area contributed by atoms with Crippen molar-refractivity contribution in [3.8, 4) is 0 Å². The first kappa shape index (κ1) is 23.4. The predicted octanol–water partition coefficient (Wildman–Crippen LogP) is 2.32. The lowest BCUT2D eigenvalue weighted by Gasteiger charge is -2.40. The van der Waals surface area contributed by atoms with Crippen LogP contribution >= 0.6 is 24.0 Å². The Labute approximate surface area is 186 Å². The van der Waals surface area contributed by atoms with Gasteiger partial charge in [0.2, 0.25) is 0 Å². The fraction of sp³-hybridized carbons (Fsp3) is 0.800. The molecular weight excluding hydrogens is 467 g/mol. The Morgan fingerprint density at radius 3 is 2.82 bits per heavy atom. The van der Waals surface area contributed by atoms with E-state index in [0.29, 0.717) is 17.9 Å². The van der Waals surface area contributed by atoms with Crippen molar-refractivity contribution in [2.24, 2.45) is 16.8 Å². The van der Waals surface area contributed by atoms with Crippen LogP contribution in [0.5, 0.6) is 0 Å². The van der Waals surface area contributed by atoms with E-state index in [4.69, 9.17) is 4.74 Å². The fourth-order valence-electron chi connectivity index (χ4n) is 4.22. The summed E-state index contributed by atoms with van der Waals surface area (Å²) in [5, 5.41) is 3.56. The summed E-state index contributed by atoms with van der Waals surface area (Å²) in [6, 6.07) is 0.437. The molecule has 3 rings (SSSR count). The number of likely N-dealkylation sites (tertiary alicyclic amines) is 1. The summed E-state index contributed by atoms with van der Waals surface area (Å²) in [6.07, 6.45) is 7.25. The second kappa shape index (κ2) is 11.3. The van der Waals surface area contributed by atoms with Gasteiger partial charge in [-0.1, -0.05) is 20.8 Å². The lowest BCUT2D eigenvalue weighted by molar-refractivity contribution is -0.0287. The third-order valence-electron chi connectivity index (χ3n) is 5.67. The van der Waals surface area contributed by atoms with Crippen LogP contribution in [0.4, 0.5) is 0 Å². The normalized spacial score (nSPS) is 27.0. The highest BCUT2D eigenvalue weighted by molar-refractivity contribution is 14.0. The second-order valence-electron chi connectivity index (χ2n) is 8.36. The summed E-state index contributed by atoms with van der Waals surface area (Å²) in [4.78, 5) is 13.7. The van der Waals surface area contributed by atoms with Crippen LogP contribution in [0.3, 0.4) is 0 Å². The largest absolute Gasteiger partial charge is 0.374 e. The molecule has 1 N–H and O–H groups in total. The highest BCUT2D eigenvalue weighted by atomic mass is 127. The van der Waals surface area contributed by atoms with Gasteiger partial charge in [0, 0.05) is 58.7 Å². The van der Waals surface area contributed by atoms with Gasteiger partial charge in [0.1, 0.15) is 0 Å². The van der Waals surface area contributed by atoms with E-state index in [0.717, 1.165) is 58.3 Å². The topological polar surface area (TPSA) is 57.9 Å². The van der Waals surface area contributed by atoms with E-state index in [9.17, 15) is 0 Å². The van der Waals surface area contributed by atoms with Crippen molar-refractivity contribution in [2.75, 3.05) is 52.9 Å². The average Bonchev–Trinajstić information content (AvgIpc) is 3.17. The molecule has 7 nitrogen and oxygen atoms in total. The van der Waals surface area contributed by atoms with E-state index in [1.54, 1.807) is 0 Å². The van der Waals surface area contributed by atoms with Crippen molar-refractivity contribution in [1.82, 2.24) is 24.7 Å². The number of halogens is 1. The van der Waals surface area contributed by atoms with Crippen molar-refractivity contribution in [2.45, 2.75) is 39.3 Å². The van der Waals surface area contributed by atoms with Gasteiger partial charge in [0.25, 0.3) is 0 Å². The molecule has 0 radical (unpaired) electrons. The summed E-state index contributed by atoms with van der Waals surface area (Å²) >= 11 is 0. The molecule has 3 unspecified atom stereocenters. The molecule has 2 fully saturated rings. The number of imidazole rings is 1. The number of hydrogen-bond acceptors (Lipinski definition) is 4. The van der Waals surface area contributed by atoms with Gasteiger partial charge in [-0.15, -0.1) is 24.0 Å². The van der Waals surface area contributed by atoms with Gasteiger partial charge in [-0.25, -0.2) is 4.98 Å². The second-order valence-corrected chi connectivity index (χ2v) is 8.36. The van der Waals surface area contributed by atoms with Gasteiger partial charge in [-0.2, -0.15) is 0 Å². The predicted molar refractivity (Wildman–Crippen MR) is 124 cm³/mol. The summed E-state index contributed by atoms with van der Waals surface area (Å²) < 4.78 is 8.21. The Balaban J connectivity index is 0.00000280. The monoisotopic (exact) mass is 504 g/mol. The minimum atomic E-state index is 0. The first-order valence-electron chi connectivity index (χ1n) is 10.3. The number of rotatable bonds is 5. The average molecular weight is 504 g/mol. The van der Waals surface area contributed by atoms with Crippen LogP contribution in [0.15, 0.2) is 23.7 Å². The molecule has 3 atom stereocenters. The SMILES string of the molecule is CN=C(NCC1CN(CC(C)C)CCO1)N1CCC(C)C(n2ccnc2)C1.I. The molecule has 28 heavy (non-hydrogen) atoms. The highest BCUT2D eigenvalue weighted by Crippen LogP contribution is 2.27. The molecule has 2 aliphatic rings. The molecule has 0 amide bonds. The highest BCUT2D eigenvalue weighted by Gasteiger charge is 2.29. The van der Waals surface area contributed by atoms with E-state index in [1.807, 2.05) is 19.6 Å². The number of guanidine groups is 1. The van der Waals surface area contributed by atoms with Gasteiger partial charge < -0.3 is 19.5 Å². The van der Waals surface area contributed by atoms with Crippen molar-refractivity contribution >= 4 is 29.9 Å². The van der Waals surface area contributed by atoms with Crippen LogP contribution in [0.1, 0.15) is 33.2 Å². The van der Waals surface area contributed by atoms with E-state index in [2.05, 4.69) is 56.6 Å². The van der Waals surface area contributed by atoms with Crippen LogP contribution in [0.2, 0.25) is 0 Å². The fourth-order valence-corrected chi connectivity index (χ4v) is 4.22. The van der Waals surface area contributed by atoms with Crippen LogP contribution < -0.4 is 5.32 Å². The zero-order chi connectivity index (χ0) is 19.2. The quantitative estimate of drug-likeness (QED) is 0.379. The molecule has 3 heterocycles. The number of ether oxygens (including phenoxy) is 1. The smallest absolute Gasteiger partial charge is 0.193 e. The van der Waals surface area contributed by atoms with Gasteiger partial charge in [0.05, 0.1) is 25.1 Å². The molecule has 2 aliphatic heterocycles. The maximum absolute atomic E-state index is 5.98. The third kappa shape index (κ3) is 6.32. The molecule has 0 saturated carbocycles. The van der Waals surface area contributed by atoms with Crippen molar-refractivity contribution in [3.05, 3.63) is 18.7 Å². The number of aliphatic imine (C=N–C) groups is 1. The Bertz CT molecular complexity index is 594. The molecule has 1 aromatic rings. The van der Waals surface area contributed by atoms with Crippen molar-refractivity contribution in [1.29, 1.82) is 0 Å². The number of nitrogens with one attached hydrogen (secondary N) is 1. The molecular formula is C20H37IN6O. The number of piperidine rings is 1. The summed E-state index contributed by atoms with van der Waals surface area (Å²) in [5.41, 5.74) is 0. The molecule has 0 aliphatic carbocycles. The first-order valence-corrected chi connectivity index (χ1v) is 10.3. The zero-order valence-corrected chi connectivity index (χ0v) is 20.1. The number of nitrogens with zero attached hydrogens (tertiary/aromatic N) is 5. The molecule has 1 aromatic heterocycles. The van der Waals surface area contributed by atoms with E-state index >= 15 is 0 Å². The molecule has 2 saturated heterocycles. The lowest BCUT2D eigenvalue weighted by atomic mass is 9.93. The van der Waals surface area contributed by atoms with Gasteiger partial charge >= 0.3 is 0 Å². The number of aromatic nitrogens is 2. The van der Waals surface area contributed by atoms with Gasteiger partial charge in [-0.05, 0) is 18.3 Å². The first-order chi connectivity index (χ1) is 13.1. The minimum absolute atomic E-state index is 0. The lowest BCUT2D eigenvalue weighted by Crippen LogP contribution is -2.53. The van der Waals surface area contributed by atoms with Crippen LogP contribution in [0, 0.1) is 11.8 Å². The maximum Gasteiger partial charge on any atom is 0.193 e. The van der Waals surface area contributed by atoms with Crippen LogP contribution in [-0.2, 0) is 4.74 Å². The minimum Gasteiger partial charge on any atom is -0.374 e. The molecule has 0 spiro atoms. The van der Waals surface area contributed by atoms with Gasteiger partial charge in [-0.3, -0.25) is 9.89 Å². The Hall–Kier alpha value is -0.870. The Kier molecular flexibility index (Phi) is 9.49. The van der Waals surface area contributed by atoms with E-state index in [1.165, 1.54) is 0 Å². The summed E-state index contributed by atoms with van der Waals surface area (Å²) in [6.45, 7) is 13.7. The Morgan fingerprint density at radius 1 is 1.32 bits per heavy atom. The Morgan fingerprint density at radius 2 is 2.14 bits per heavy atom. The summed E-state index contributed by atoms with van der Waals surface area (Å²) in [5.74, 6) is 2.32. The van der Waals surface area contributed by atoms with Crippen LogP contribution in [-0.4, -0.2) is 84.3 Å². The van der Waals surface area contributed by atoms with E-state index < -0.39 is 0 Å². The molecule has 160 valence electrons. The summed E-state index contributed by atoms with van der Waals surface area (Å²) in [7, 11) is 1.87. The third-order valence-corrected chi connectivity index (χ3v) is 5.67. The maximum atomic E-state index is 5.98. The van der Waals surface area contributed by atoms with E-state index in [-0.39, 0.29) is 30.1 Å². The number of hydrogen-bond donors (Lipinski definition) is 1.